The molecule has 4 rings (SSSR count). The van der Waals surface area contributed by atoms with Gasteiger partial charge in [-0.25, -0.2) is 9.98 Å². The number of nitrogens with one attached hydrogen (secondary N) is 2. The molecule has 2 aromatic carbocycles. The van der Waals surface area contributed by atoms with Gasteiger partial charge in [0.05, 0.1) is 0 Å². The number of anilines is 2. The number of guanidine groups is 1. The summed E-state index contributed by atoms with van der Waals surface area (Å²) in [6.07, 6.45) is -0.489. The van der Waals surface area contributed by atoms with Crippen molar-refractivity contribution in [2.24, 2.45) is 4.99 Å². The number of fused-ring (bicyclic) bond motifs is 1. The SMILES string of the molecule is Cc1cc(=O)n2c(n1)NC(Nc1ccc(C)c(C)c1)=N[C@H]2c1ccc(C(C)C)cc1. The van der Waals surface area contributed by atoms with Crippen LogP contribution in [0, 0.1) is 20.8 Å². The Labute approximate surface area is 176 Å². The van der Waals surface area contributed by atoms with Crippen LogP contribution in [-0.4, -0.2) is 15.5 Å². The lowest BCUT2D eigenvalue weighted by atomic mass is 10.0. The maximum absolute atomic E-state index is 12.8. The topological polar surface area (TPSA) is 71.3 Å². The molecule has 6 heteroatoms. The Morgan fingerprint density at radius 2 is 1.73 bits per heavy atom. The first kappa shape index (κ1) is 19.9. The van der Waals surface area contributed by atoms with E-state index < -0.39 is 6.17 Å². The van der Waals surface area contributed by atoms with E-state index >= 15 is 0 Å². The van der Waals surface area contributed by atoms with Gasteiger partial charge in [-0.15, -0.1) is 0 Å². The van der Waals surface area contributed by atoms with E-state index in [1.165, 1.54) is 22.8 Å². The van der Waals surface area contributed by atoms with Gasteiger partial charge in [-0.3, -0.25) is 14.7 Å². The number of aryl methyl sites for hydroxylation is 3. The Bertz CT molecular complexity index is 1180. The minimum Gasteiger partial charge on any atom is -0.326 e. The molecule has 0 radical (unpaired) electrons. The van der Waals surface area contributed by atoms with Crippen molar-refractivity contribution in [2.75, 3.05) is 10.6 Å². The first-order chi connectivity index (χ1) is 14.3. The Morgan fingerprint density at radius 1 is 1.00 bits per heavy atom. The van der Waals surface area contributed by atoms with Gasteiger partial charge in [0.2, 0.25) is 11.9 Å². The normalized spacial score (nSPS) is 15.4. The van der Waals surface area contributed by atoms with Gasteiger partial charge in [0.25, 0.3) is 5.56 Å². The highest BCUT2D eigenvalue weighted by Gasteiger charge is 2.25. The van der Waals surface area contributed by atoms with E-state index in [2.05, 4.69) is 67.6 Å². The molecule has 3 aromatic rings. The summed E-state index contributed by atoms with van der Waals surface area (Å²) in [6, 6.07) is 16.0. The molecule has 0 saturated carbocycles. The smallest absolute Gasteiger partial charge is 0.257 e. The second-order valence-electron chi connectivity index (χ2n) is 8.15. The van der Waals surface area contributed by atoms with Crippen molar-refractivity contribution in [3.8, 4) is 0 Å². The van der Waals surface area contributed by atoms with Crippen LogP contribution in [0.5, 0.6) is 0 Å². The first-order valence-corrected chi connectivity index (χ1v) is 10.2. The van der Waals surface area contributed by atoms with Gasteiger partial charge >= 0.3 is 0 Å². The third-order valence-electron chi connectivity index (χ3n) is 5.48. The molecular weight excluding hydrogens is 374 g/mol. The highest BCUT2D eigenvalue weighted by molar-refractivity contribution is 6.03. The number of aliphatic imine (C=N–C) groups is 1. The molecule has 0 fully saturated rings. The van der Waals surface area contributed by atoms with E-state index in [0.717, 1.165) is 11.3 Å². The van der Waals surface area contributed by atoms with Crippen LogP contribution in [-0.2, 0) is 0 Å². The summed E-state index contributed by atoms with van der Waals surface area (Å²) >= 11 is 0. The van der Waals surface area contributed by atoms with E-state index in [-0.39, 0.29) is 5.56 Å². The molecule has 2 N–H and O–H groups in total. The number of nitrogens with zero attached hydrogens (tertiary/aromatic N) is 3. The fourth-order valence-electron chi connectivity index (χ4n) is 3.54. The molecule has 1 aromatic heterocycles. The van der Waals surface area contributed by atoms with Crippen molar-refractivity contribution in [1.82, 2.24) is 9.55 Å². The fourth-order valence-corrected chi connectivity index (χ4v) is 3.54. The van der Waals surface area contributed by atoms with Crippen molar-refractivity contribution in [2.45, 2.75) is 46.7 Å². The van der Waals surface area contributed by atoms with Gasteiger partial charge in [0.1, 0.15) is 0 Å². The third-order valence-corrected chi connectivity index (χ3v) is 5.48. The van der Waals surface area contributed by atoms with Crippen LogP contribution < -0.4 is 16.2 Å². The van der Waals surface area contributed by atoms with Gasteiger partial charge in [0.15, 0.2) is 6.17 Å². The Morgan fingerprint density at radius 3 is 2.40 bits per heavy atom. The van der Waals surface area contributed by atoms with E-state index in [9.17, 15) is 4.79 Å². The number of hydrogen-bond acceptors (Lipinski definition) is 5. The molecule has 30 heavy (non-hydrogen) atoms. The molecule has 154 valence electrons. The largest absolute Gasteiger partial charge is 0.326 e. The Kier molecular flexibility index (Phi) is 5.16. The molecule has 0 unspecified atom stereocenters. The maximum atomic E-state index is 12.8. The van der Waals surface area contributed by atoms with Crippen molar-refractivity contribution in [3.05, 3.63) is 86.8 Å². The predicted octanol–water partition coefficient (Wildman–Crippen LogP) is 4.73. The number of hydrogen-bond donors (Lipinski definition) is 2. The van der Waals surface area contributed by atoms with Crippen LogP contribution in [0.3, 0.4) is 0 Å². The zero-order valence-electron chi connectivity index (χ0n) is 18.0. The van der Waals surface area contributed by atoms with E-state index in [1.54, 1.807) is 4.57 Å². The van der Waals surface area contributed by atoms with Crippen LogP contribution in [0.25, 0.3) is 0 Å². The highest BCUT2D eigenvalue weighted by Crippen LogP contribution is 2.27. The molecule has 0 amide bonds. The van der Waals surface area contributed by atoms with E-state index in [1.807, 2.05) is 25.1 Å². The van der Waals surface area contributed by atoms with E-state index in [4.69, 9.17) is 4.99 Å². The number of benzene rings is 2. The molecule has 1 aliphatic rings. The van der Waals surface area contributed by atoms with Crippen LogP contribution >= 0.6 is 0 Å². The lowest BCUT2D eigenvalue weighted by Crippen LogP contribution is -2.37. The summed E-state index contributed by atoms with van der Waals surface area (Å²) < 4.78 is 1.60. The summed E-state index contributed by atoms with van der Waals surface area (Å²) in [4.78, 5) is 22.2. The summed E-state index contributed by atoms with van der Waals surface area (Å²) in [5, 5.41) is 6.52. The molecule has 0 bridgehead atoms. The molecular formula is C24H27N5O. The summed E-state index contributed by atoms with van der Waals surface area (Å²) in [5.41, 5.74) is 6.09. The Balaban J connectivity index is 1.77. The highest BCUT2D eigenvalue weighted by atomic mass is 16.1. The molecule has 2 heterocycles. The standard InChI is InChI=1S/C24H27N5O/c1-14(2)18-7-9-19(10-8-18)22-27-23(26-20-11-6-15(3)16(4)12-20)28-24-25-17(5)13-21(30)29(22)24/h6-14,22H,1-5H3,(H2,25,26,27,28)/t22-/m1/s1. The zero-order valence-corrected chi connectivity index (χ0v) is 18.0. The second kappa shape index (κ2) is 7.78. The van der Waals surface area contributed by atoms with Crippen molar-refractivity contribution in [1.29, 1.82) is 0 Å². The van der Waals surface area contributed by atoms with Crippen molar-refractivity contribution in [3.63, 3.8) is 0 Å². The second-order valence-corrected chi connectivity index (χ2v) is 8.15. The summed E-state index contributed by atoms with van der Waals surface area (Å²) in [5.74, 6) is 1.49. The number of aromatic nitrogens is 2. The minimum atomic E-state index is -0.489. The zero-order chi connectivity index (χ0) is 21.4. The molecule has 0 saturated heterocycles. The fraction of sp³-hybridized carbons (Fsp3) is 0.292. The number of rotatable bonds is 3. The molecule has 1 atom stereocenters. The monoisotopic (exact) mass is 401 g/mol. The van der Waals surface area contributed by atoms with Gasteiger partial charge in [0, 0.05) is 17.4 Å². The van der Waals surface area contributed by atoms with Gasteiger partial charge in [-0.2, -0.15) is 0 Å². The summed E-state index contributed by atoms with van der Waals surface area (Å²) in [7, 11) is 0. The predicted molar refractivity (Wildman–Crippen MR) is 123 cm³/mol. The van der Waals surface area contributed by atoms with Crippen LogP contribution in [0.4, 0.5) is 11.6 Å². The van der Waals surface area contributed by atoms with Gasteiger partial charge in [-0.1, -0.05) is 44.2 Å². The Hall–Kier alpha value is -3.41. The molecule has 0 aliphatic carbocycles. The summed E-state index contributed by atoms with van der Waals surface area (Å²) in [6.45, 7) is 10.3. The quantitative estimate of drug-likeness (QED) is 0.665. The third kappa shape index (κ3) is 3.85. The average molecular weight is 402 g/mol. The molecule has 6 nitrogen and oxygen atoms in total. The lowest BCUT2D eigenvalue weighted by Gasteiger charge is -2.27. The van der Waals surface area contributed by atoms with Crippen molar-refractivity contribution < 1.29 is 0 Å². The van der Waals surface area contributed by atoms with Crippen LogP contribution in [0.1, 0.15) is 53.9 Å². The lowest BCUT2D eigenvalue weighted by molar-refractivity contribution is 0.577. The van der Waals surface area contributed by atoms with Gasteiger partial charge < -0.3 is 5.32 Å². The minimum absolute atomic E-state index is 0.128. The molecule has 0 spiro atoms. The van der Waals surface area contributed by atoms with Crippen molar-refractivity contribution >= 4 is 17.6 Å². The first-order valence-electron chi connectivity index (χ1n) is 10.2. The van der Waals surface area contributed by atoms with Gasteiger partial charge in [-0.05, 0) is 61.1 Å². The maximum Gasteiger partial charge on any atom is 0.257 e. The van der Waals surface area contributed by atoms with E-state index in [0.29, 0.717) is 23.5 Å². The average Bonchev–Trinajstić information content (AvgIpc) is 2.70. The molecule has 1 aliphatic heterocycles. The van der Waals surface area contributed by atoms with Crippen LogP contribution in [0.15, 0.2) is 58.3 Å². The van der Waals surface area contributed by atoms with Crippen LogP contribution in [0.2, 0.25) is 0 Å².